The average Bonchev–Trinajstić information content (AvgIpc) is 2.52. The Kier molecular flexibility index (Phi) is 2.89. The zero-order valence-electron chi connectivity index (χ0n) is 12.5. The van der Waals surface area contributed by atoms with Crippen LogP contribution in [0.4, 0.5) is 0 Å². The van der Waals surface area contributed by atoms with Crippen LogP contribution in [-0.2, 0) is 5.41 Å². The van der Waals surface area contributed by atoms with Crippen molar-refractivity contribution < 1.29 is 0 Å². The predicted octanol–water partition coefficient (Wildman–Crippen LogP) is 3.64. The van der Waals surface area contributed by atoms with E-state index in [1.807, 2.05) is 30.3 Å². The minimum absolute atomic E-state index is 0.0459. The van der Waals surface area contributed by atoms with Gasteiger partial charge in [-0.05, 0) is 36.5 Å². The summed E-state index contributed by atoms with van der Waals surface area (Å²) in [6.07, 6.45) is 2.05. The van der Waals surface area contributed by atoms with E-state index in [1.165, 1.54) is 5.56 Å². The molecule has 0 unspecified atom stereocenters. The summed E-state index contributed by atoms with van der Waals surface area (Å²) in [4.78, 5) is 20.2. The number of rotatable bonds is 2. The summed E-state index contributed by atoms with van der Waals surface area (Å²) in [6, 6.07) is 17.9. The quantitative estimate of drug-likeness (QED) is 0.783. The van der Waals surface area contributed by atoms with Gasteiger partial charge in [0.15, 0.2) is 0 Å². The van der Waals surface area contributed by atoms with Gasteiger partial charge in [-0.3, -0.25) is 4.79 Å². The topological polar surface area (TPSA) is 45.8 Å². The standard InChI is InChI=1S/C19H18N2O/c1-13-11-19(12-13,14-7-3-2-4-8-14)18-20-16-10-6-5-9-15(16)17(22)21-18/h2-10,13H,11-12H2,1H3,(H,20,21,22). The Labute approximate surface area is 129 Å². The van der Waals surface area contributed by atoms with Gasteiger partial charge in [-0.15, -0.1) is 0 Å². The summed E-state index contributed by atoms with van der Waals surface area (Å²) in [6.45, 7) is 2.25. The number of benzene rings is 2. The molecule has 1 fully saturated rings. The minimum Gasteiger partial charge on any atom is -0.309 e. The van der Waals surface area contributed by atoms with Crippen LogP contribution in [0.3, 0.4) is 0 Å². The van der Waals surface area contributed by atoms with E-state index in [1.54, 1.807) is 0 Å². The Balaban J connectivity index is 1.93. The number of fused-ring (bicyclic) bond motifs is 1. The molecular weight excluding hydrogens is 272 g/mol. The smallest absolute Gasteiger partial charge is 0.258 e. The van der Waals surface area contributed by atoms with Crippen molar-refractivity contribution in [2.45, 2.75) is 25.2 Å². The molecule has 2 aromatic carbocycles. The summed E-state index contributed by atoms with van der Waals surface area (Å²) in [5.74, 6) is 1.46. The lowest BCUT2D eigenvalue weighted by atomic mass is 9.58. The van der Waals surface area contributed by atoms with E-state index in [0.29, 0.717) is 11.3 Å². The molecular formula is C19H18N2O. The average molecular weight is 290 g/mol. The van der Waals surface area contributed by atoms with E-state index in [0.717, 1.165) is 24.2 Å². The van der Waals surface area contributed by atoms with Crippen molar-refractivity contribution in [1.82, 2.24) is 9.97 Å². The lowest BCUT2D eigenvalue weighted by Crippen LogP contribution is -2.43. The fourth-order valence-electron chi connectivity index (χ4n) is 3.77. The third-order valence-electron chi connectivity index (χ3n) is 4.79. The van der Waals surface area contributed by atoms with E-state index >= 15 is 0 Å². The molecule has 22 heavy (non-hydrogen) atoms. The Morgan fingerprint density at radius 2 is 1.73 bits per heavy atom. The first-order valence-corrected chi connectivity index (χ1v) is 7.74. The van der Waals surface area contributed by atoms with E-state index in [4.69, 9.17) is 4.98 Å². The number of aromatic amines is 1. The summed E-state index contributed by atoms with van der Waals surface area (Å²) in [5.41, 5.74) is 1.82. The number of aromatic nitrogens is 2. The third-order valence-corrected chi connectivity index (χ3v) is 4.79. The molecule has 110 valence electrons. The first kappa shape index (κ1) is 13.3. The van der Waals surface area contributed by atoms with Crippen LogP contribution in [0, 0.1) is 5.92 Å². The largest absolute Gasteiger partial charge is 0.309 e. The van der Waals surface area contributed by atoms with Crippen LogP contribution in [0.15, 0.2) is 59.4 Å². The molecule has 0 saturated heterocycles. The highest BCUT2D eigenvalue weighted by Gasteiger charge is 2.46. The Bertz CT molecular complexity index is 877. The Morgan fingerprint density at radius 3 is 2.45 bits per heavy atom. The van der Waals surface area contributed by atoms with Gasteiger partial charge < -0.3 is 4.98 Å². The molecule has 3 nitrogen and oxygen atoms in total. The van der Waals surface area contributed by atoms with Gasteiger partial charge in [-0.2, -0.15) is 0 Å². The molecule has 1 N–H and O–H groups in total. The van der Waals surface area contributed by atoms with Crippen molar-refractivity contribution in [3.8, 4) is 0 Å². The highest BCUT2D eigenvalue weighted by Crippen LogP contribution is 2.50. The molecule has 3 aromatic rings. The maximum absolute atomic E-state index is 12.4. The minimum atomic E-state index is -0.149. The lowest BCUT2D eigenvalue weighted by Gasteiger charge is -2.46. The number of hydrogen-bond donors (Lipinski definition) is 1. The highest BCUT2D eigenvalue weighted by molar-refractivity contribution is 5.77. The maximum atomic E-state index is 12.4. The Morgan fingerprint density at radius 1 is 1.05 bits per heavy atom. The molecule has 0 atom stereocenters. The van der Waals surface area contributed by atoms with Crippen molar-refractivity contribution in [3.05, 3.63) is 76.3 Å². The number of para-hydroxylation sites is 1. The lowest BCUT2D eigenvalue weighted by molar-refractivity contribution is 0.189. The van der Waals surface area contributed by atoms with E-state index < -0.39 is 0 Å². The number of H-pyrrole nitrogens is 1. The summed E-state index contributed by atoms with van der Waals surface area (Å²) in [5, 5.41) is 0.654. The monoisotopic (exact) mass is 290 g/mol. The Hall–Kier alpha value is -2.42. The normalized spacial score (nSPS) is 24.1. The number of hydrogen-bond acceptors (Lipinski definition) is 2. The van der Waals surface area contributed by atoms with E-state index in [-0.39, 0.29) is 11.0 Å². The molecule has 0 spiro atoms. The van der Waals surface area contributed by atoms with Gasteiger partial charge in [-0.25, -0.2) is 4.98 Å². The molecule has 0 aliphatic heterocycles. The van der Waals surface area contributed by atoms with E-state index in [9.17, 15) is 4.79 Å². The van der Waals surface area contributed by atoms with Gasteiger partial charge >= 0.3 is 0 Å². The third kappa shape index (κ3) is 1.89. The molecule has 1 saturated carbocycles. The summed E-state index contributed by atoms with van der Waals surface area (Å²) in [7, 11) is 0. The first-order valence-electron chi connectivity index (χ1n) is 7.74. The van der Waals surface area contributed by atoms with Crippen LogP contribution in [0.2, 0.25) is 0 Å². The van der Waals surface area contributed by atoms with Crippen molar-refractivity contribution in [2.24, 2.45) is 5.92 Å². The fourth-order valence-corrected chi connectivity index (χ4v) is 3.77. The van der Waals surface area contributed by atoms with Crippen molar-refractivity contribution in [2.75, 3.05) is 0 Å². The number of nitrogens with zero attached hydrogens (tertiary/aromatic N) is 1. The van der Waals surface area contributed by atoms with Gasteiger partial charge in [0.1, 0.15) is 5.82 Å². The van der Waals surface area contributed by atoms with Gasteiger partial charge in [0, 0.05) is 0 Å². The first-order chi connectivity index (χ1) is 10.7. The SMILES string of the molecule is CC1CC(c2ccccc2)(c2nc3ccccc3c(=O)[nH]2)C1. The van der Waals surface area contributed by atoms with Crippen LogP contribution in [-0.4, -0.2) is 9.97 Å². The van der Waals surface area contributed by atoms with Crippen molar-refractivity contribution in [1.29, 1.82) is 0 Å². The molecule has 4 rings (SSSR count). The molecule has 1 heterocycles. The molecule has 1 aliphatic rings. The second-order valence-electron chi connectivity index (χ2n) is 6.39. The zero-order chi connectivity index (χ0) is 15.2. The van der Waals surface area contributed by atoms with Crippen LogP contribution in [0.1, 0.15) is 31.2 Å². The summed E-state index contributed by atoms with van der Waals surface area (Å²) >= 11 is 0. The van der Waals surface area contributed by atoms with Gasteiger partial charge in [-0.1, -0.05) is 49.4 Å². The van der Waals surface area contributed by atoms with Crippen molar-refractivity contribution >= 4 is 10.9 Å². The zero-order valence-corrected chi connectivity index (χ0v) is 12.5. The van der Waals surface area contributed by atoms with Crippen LogP contribution >= 0.6 is 0 Å². The molecule has 0 amide bonds. The molecule has 1 aromatic heterocycles. The van der Waals surface area contributed by atoms with Crippen LogP contribution in [0.5, 0.6) is 0 Å². The van der Waals surface area contributed by atoms with Crippen LogP contribution < -0.4 is 5.56 Å². The highest BCUT2D eigenvalue weighted by atomic mass is 16.1. The van der Waals surface area contributed by atoms with Gasteiger partial charge in [0.05, 0.1) is 16.3 Å². The van der Waals surface area contributed by atoms with Crippen molar-refractivity contribution in [3.63, 3.8) is 0 Å². The second kappa shape index (κ2) is 4.80. The predicted molar refractivity (Wildman–Crippen MR) is 88.0 cm³/mol. The second-order valence-corrected chi connectivity index (χ2v) is 6.39. The maximum Gasteiger partial charge on any atom is 0.258 e. The molecule has 1 aliphatic carbocycles. The van der Waals surface area contributed by atoms with Crippen LogP contribution in [0.25, 0.3) is 10.9 Å². The van der Waals surface area contributed by atoms with Gasteiger partial charge in [0.25, 0.3) is 5.56 Å². The molecule has 0 radical (unpaired) electrons. The molecule has 3 heteroatoms. The van der Waals surface area contributed by atoms with Gasteiger partial charge in [0.2, 0.25) is 0 Å². The number of nitrogens with one attached hydrogen (secondary N) is 1. The van der Waals surface area contributed by atoms with E-state index in [2.05, 4.69) is 36.2 Å². The fraction of sp³-hybridized carbons (Fsp3) is 0.263. The molecule has 0 bridgehead atoms. The summed E-state index contributed by atoms with van der Waals surface area (Å²) < 4.78 is 0.